The summed E-state index contributed by atoms with van der Waals surface area (Å²) in [5.41, 5.74) is 8.71. The fraction of sp³-hybridized carbons (Fsp3) is 0.259. The maximum Gasteiger partial charge on any atom is 0.234 e. The van der Waals surface area contributed by atoms with Crippen LogP contribution in [0.2, 0.25) is 15.2 Å². The first kappa shape index (κ1) is 29.4. The van der Waals surface area contributed by atoms with Crippen molar-refractivity contribution >= 4 is 80.4 Å². The number of hydrogen-bond acceptors (Lipinski definition) is 10. The summed E-state index contributed by atoms with van der Waals surface area (Å²) in [6.45, 7) is 4.02. The number of rotatable bonds is 6. The molecule has 1 aromatic carbocycles. The van der Waals surface area contributed by atoms with Gasteiger partial charge in [-0.3, -0.25) is 14.5 Å². The van der Waals surface area contributed by atoms with Gasteiger partial charge >= 0.3 is 0 Å². The van der Waals surface area contributed by atoms with Gasteiger partial charge in [-0.2, -0.15) is 5.26 Å². The first-order valence-electron chi connectivity index (χ1n) is 12.3. The van der Waals surface area contributed by atoms with E-state index in [1.807, 2.05) is 13.8 Å². The lowest BCUT2D eigenvalue weighted by molar-refractivity contribution is -0.118. The van der Waals surface area contributed by atoms with Gasteiger partial charge in [-0.15, -0.1) is 10.2 Å². The molecule has 3 N–H and O–H groups in total. The molecule has 0 bridgehead atoms. The van der Waals surface area contributed by atoms with Gasteiger partial charge in [0.2, 0.25) is 11.0 Å². The number of anilines is 2. The Bertz CT molecular complexity index is 1680. The van der Waals surface area contributed by atoms with Gasteiger partial charge < -0.3 is 11.1 Å². The second-order valence-corrected chi connectivity index (χ2v) is 13.5. The van der Waals surface area contributed by atoms with Gasteiger partial charge in [-0.25, -0.2) is 4.98 Å². The van der Waals surface area contributed by atoms with Crippen LogP contribution in [0.4, 0.5) is 10.8 Å². The van der Waals surface area contributed by atoms with E-state index < -0.39 is 5.92 Å². The molecule has 1 atom stereocenters. The first-order chi connectivity index (χ1) is 19.5. The van der Waals surface area contributed by atoms with Gasteiger partial charge in [-0.05, 0) is 41.7 Å². The van der Waals surface area contributed by atoms with Gasteiger partial charge in [0.1, 0.15) is 5.82 Å². The fourth-order valence-corrected chi connectivity index (χ4v) is 7.05. The Labute approximate surface area is 259 Å². The average molecular weight is 647 g/mol. The van der Waals surface area contributed by atoms with E-state index in [0.29, 0.717) is 54.9 Å². The number of nitrogens with zero attached hydrogens (tertiary/aromatic N) is 5. The predicted octanol–water partition coefficient (Wildman–Crippen LogP) is 6.56. The van der Waals surface area contributed by atoms with E-state index in [9.17, 15) is 14.9 Å². The van der Waals surface area contributed by atoms with E-state index in [4.69, 9.17) is 40.5 Å². The van der Waals surface area contributed by atoms with Crippen LogP contribution in [-0.2, 0) is 9.59 Å². The van der Waals surface area contributed by atoms with Crippen molar-refractivity contribution in [1.29, 1.82) is 5.26 Å². The molecule has 3 aromatic rings. The molecule has 0 fully saturated rings. The summed E-state index contributed by atoms with van der Waals surface area (Å²) in [6, 6.07) is 10.6. The van der Waals surface area contributed by atoms with Crippen LogP contribution in [0.15, 0.2) is 63.5 Å². The van der Waals surface area contributed by atoms with Gasteiger partial charge in [0.05, 0.1) is 39.0 Å². The summed E-state index contributed by atoms with van der Waals surface area (Å²) >= 11 is 20.9. The van der Waals surface area contributed by atoms with Gasteiger partial charge in [0.15, 0.2) is 15.3 Å². The van der Waals surface area contributed by atoms with Crippen LogP contribution in [0, 0.1) is 16.7 Å². The summed E-state index contributed by atoms with van der Waals surface area (Å²) in [4.78, 5) is 31.8. The van der Waals surface area contributed by atoms with Gasteiger partial charge in [0.25, 0.3) is 0 Å². The molecule has 2 aromatic heterocycles. The maximum absolute atomic E-state index is 13.7. The van der Waals surface area contributed by atoms with Gasteiger partial charge in [0, 0.05) is 23.9 Å². The molecule has 14 heteroatoms. The number of aromatic nitrogens is 3. The van der Waals surface area contributed by atoms with E-state index in [1.165, 1.54) is 29.3 Å². The molecular weight excluding hydrogens is 625 g/mol. The largest absolute Gasteiger partial charge is 0.384 e. The number of amides is 1. The molecule has 9 nitrogen and oxygen atoms in total. The second kappa shape index (κ2) is 11.6. The minimum absolute atomic E-state index is 0.0491. The number of Topliss-reactive ketones (excluding diaryl/α,β-unsaturated/α-hetero) is 1. The van der Waals surface area contributed by atoms with Crippen LogP contribution in [0.1, 0.15) is 38.2 Å². The number of nitriles is 1. The molecule has 5 rings (SSSR count). The zero-order valence-electron chi connectivity index (χ0n) is 21.7. The normalized spacial score (nSPS) is 18.3. The van der Waals surface area contributed by atoms with E-state index in [1.54, 1.807) is 35.2 Å². The zero-order valence-corrected chi connectivity index (χ0v) is 25.6. The minimum atomic E-state index is -0.700. The molecular formula is C27H22Cl3N7O2S2. The third kappa shape index (κ3) is 5.94. The lowest BCUT2D eigenvalue weighted by Crippen LogP contribution is -2.42. The molecule has 1 aliphatic heterocycles. The third-order valence-electron chi connectivity index (χ3n) is 6.60. The van der Waals surface area contributed by atoms with Crippen LogP contribution in [0.25, 0.3) is 0 Å². The monoisotopic (exact) mass is 645 g/mol. The Hall–Kier alpha value is -3.14. The Morgan fingerprint density at radius 2 is 2.02 bits per heavy atom. The number of carbonyl (C=O) groups is 2. The highest BCUT2D eigenvalue weighted by Gasteiger charge is 2.45. The molecule has 0 saturated carbocycles. The van der Waals surface area contributed by atoms with E-state index in [0.717, 1.165) is 0 Å². The Morgan fingerprint density at radius 1 is 1.24 bits per heavy atom. The quantitative estimate of drug-likeness (QED) is 0.225. The number of pyridine rings is 1. The molecule has 41 heavy (non-hydrogen) atoms. The van der Waals surface area contributed by atoms with E-state index >= 15 is 0 Å². The van der Waals surface area contributed by atoms with Crippen LogP contribution in [0.5, 0.6) is 0 Å². The van der Waals surface area contributed by atoms with Crippen LogP contribution >= 0.6 is 57.9 Å². The highest BCUT2D eigenvalue weighted by Crippen LogP contribution is 2.51. The van der Waals surface area contributed by atoms with Crippen molar-refractivity contribution in [3.05, 3.63) is 80.0 Å². The molecule has 210 valence electrons. The standard InChI is InChI=1S/C27H22Cl3N7O2S2/c1-27(2)9-18-22(19(38)10-27)21(13-5-6-15(28)16(29)8-13)14(11-31)24(32)37(18)25-35-36-26(41-25)40-12-20(39)34-17-4-3-7-33-23(17)30/h3-8,21H,9-10,12,32H2,1-2H3,(H,34,39). The molecule has 0 radical (unpaired) electrons. The van der Waals surface area contributed by atoms with Crippen LogP contribution in [-0.4, -0.2) is 32.6 Å². The minimum Gasteiger partial charge on any atom is -0.384 e. The number of nitrogens with one attached hydrogen (secondary N) is 1. The van der Waals surface area contributed by atoms with Crippen molar-refractivity contribution in [2.75, 3.05) is 16.0 Å². The number of halogens is 3. The Morgan fingerprint density at radius 3 is 2.73 bits per heavy atom. The zero-order chi connectivity index (χ0) is 29.5. The molecule has 1 aliphatic carbocycles. The lowest BCUT2D eigenvalue weighted by Gasteiger charge is -2.42. The molecule has 1 amide bonds. The van der Waals surface area contributed by atoms with Crippen molar-refractivity contribution in [3.63, 3.8) is 0 Å². The topological polar surface area (TPSA) is 138 Å². The molecule has 2 aliphatic rings. The second-order valence-electron chi connectivity index (χ2n) is 10.2. The number of carbonyl (C=O) groups excluding carboxylic acids is 2. The smallest absolute Gasteiger partial charge is 0.234 e. The molecule has 3 heterocycles. The first-order valence-corrected chi connectivity index (χ1v) is 15.2. The van der Waals surface area contributed by atoms with Crippen molar-refractivity contribution in [2.24, 2.45) is 11.1 Å². The highest BCUT2D eigenvalue weighted by atomic mass is 35.5. The number of thioether (sulfide) groups is 1. The third-order valence-corrected chi connectivity index (χ3v) is 9.69. The Balaban J connectivity index is 1.48. The molecule has 0 saturated heterocycles. The van der Waals surface area contributed by atoms with E-state index in [-0.39, 0.29) is 39.4 Å². The summed E-state index contributed by atoms with van der Waals surface area (Å²) in [5, 5.41) is 22.8. The molecule has 1 unspecified atom stereocenters. The van der Waals surface area contributed by atoms with Crippen LogP contribution < -0.4 is 16.0 Å². The lowest BCUT2D eigenvalue weighted by atomic mass is 9.69. The summed E-state index contributed by atoms with van der Waals surface area (Å²) in [6.07, 6.45) is 2.35. The Kier molecular flexibility index (Phi) is 8.32. The summed E-state index contributed by atoms with van der Waals surface area (Å²) < 4.78 is 0.508. The highest BCUT2D eigenvalue weighted by molar-refractivity contribution is 8.01. The summed E-state index contributed by atoms with van der Waals surface area (Å²) in [5.74, 6) is -0.866. The van der Waals surface area contributed by atoms with Gasteiger partial charge in [-0.1, -0.05) is 77.8 Å². The number of hydrogen-bond donors (Lipinski definition) is 2. The van der Waals surface area contributed by atoms with Crippen molar-refractivity contribution in [3.8, 4) is 6.07 Å². The molecule has 0 spiro atoms. The SMILES string of the molecule is CC1(C)CC(=O)C2=C(C1)N(c1nnc(SCC(=O)Nc3cccnc3Cl)s1)C(N)=C(C#N)C2c1ccc(Cl)c(Cl)c1. The van der Waals surface area contributed by atoms with Crippen molar-refractivity contribution < 1.29 is 9.59 Å². The van der Waals surface area contributed by atoms with Crippen LogP contribution in [0.3, 0.4) is 0 Å². The van der Waals surface area contributed by atoms with Crippen molar-refractivity contribution in [1.82, 2.24) is 15.2 Å². The predicted molar refractivity (Wildman–Crippen MR) is 162 cm³/mol. The average Bonchev–Trinajstić information content (AvgIpc) is 3.37. The number of benzene rings is 1. The number of nitrogens with two attached hydrogens (primary N) is 1. The van der Waals surface area contributed by atoms with E-state index in [2.05, 4.69) is 26.6 Å². The number of allylic oxidation sites excluding steroid dienone is 3. The van der Waals surface area contributed by atoms with Crippen molar-refractivity contribution in [2.45, 2.75) is 36.9 Å². The fourth-order valence-electron chi connectivity index (χ4n) is 4.90. The number of ketones is 1. The summed E-state index contributed by atoms with van der Waals surface area (Å²) in [7, 11) is 0. The maximum atomic E-state index is 13.7.